The van der Waals surface area contributed by atoms with Crippen molar-refractivity contribution in [3.8, 4) is 6.07 Å². The smallest absolute Gasteiger partial charge is 0.102 e. The summed E-state index contributed by atoms with van der Waals surface area (Å²) in [6, 6.07) is 2.53. The van der Waals surface area contributed by atoms with E-state index in [1.54, 1.807) is 0 Å². The van der Waals surface area contributed by atoms with Crippen molar-refractivity contribution in [3.05, 3.63) is 0 Å². The number of thioether (sulfide) groups is 1. The third-order valence-corrected chi connectivity index (χ3v) is 5.22. The third kappa shape index (κ3) is 2.92. The Hall–Kier alpha value is -0.160. The molecule has 0 aromatic heterocycles. The summed E-state index contributed by atoms with van der Waals surface area (Å²) in [6.07, 6.45) is 8.76. The molecule has 1 nitrogen and oxygen atoms in total. The fourth-order valence-electron chi connectivity index (χ4n) is 2.10. The van der Waals surface area contributed by atoms with Gasteiger partial charge in [-0.1, -0.05) is 33.1 Å². The minimum Gasteiger partial charge on any atom is -0.197 e. The average Bonchev–Trinajstić information content (AvgIpc) is 2.28. The highest BCUT2D eigenvalue weighted by molar-refractivity contribution is 8.01. The Morgan fingerprint density at radius 3 is 2.21 bits per heavy atom. The van der Waals surface area contributed by atoms with Gasteiger partial charge in [0.15, 0.2) is 0 Å². The molecule has 0 spiro atoms. The van der Waals surface area contributed by atoms with Crippen LogP contribution in [0.25, 0.3) is 0 Å². The van der Waals surface area contributed by atoms with Gasteiger partial charge in [-0.2, -0.15) is 5.26 Å². The molecule has 0 bridgehead atoms. The summed E-state index contributed by atoms with van der Waals surface area (Å²) in [4.78, 5) is 0. The predicted molar refractivity (Wildman–Crippen MR) is 63.4 cm³/mol. The maximum absolute atomic E-state index is 9.24. The molecule has 0 N–H and O–H groups in total. The highest BCUT2D eigenvalue weighted by Gasteiger charge is 2.30. The summed E-state index contributed by atoms with van der Waals surface area (Å²) in [5.74, 6) is 0. The fraction of sp³-hybridized carbons (Fsp3) is 0.917. The molecule has 0 atom stereocenters. The number of nitriles is 1. The van der Waals surface area contributed by atoms with E-state index in [9.17, 15) is 5.26 Å². The lowest BCUT2D eigenvalue weighted by Gasteiger charge is -2.30. The summed E-state index contributed by atoms with van der Waals surface area (Å²) in [7, 11) is 0. The summed E-state index contributed by atoms with van der Waals surface area (Å²) in [5.41, 5.74) is 0. The molecule has 0 saturated heterocycles. The predicted octanol–water partition coefficient (Wildman–Crippen LogP) is 4.13. The van der Waals surface area contributed by atoms with E-state index in [2.05, 4.69) is 19.9 Å². The SMILES string of the molecule is CCC(C#N)(CC)SC1CCCCC1. The molecule has 0 amide bonds. The van der Waals surface area contributed by atoms with Gasteiger partial charge in [-0.15, -0.1) is 11.8 Å². The molecule has 0 heterocycles. The minimum absolute atomic E-state index is 0.0952. The van der Waals surface area contributed by atoms with Crippen LogP contribution in [0.5, 0.6) is 0 Å². The van der Waals surface area contributed by atoms with Crippen molar-refractivity contribution >= 4 is 11.8 Å². The van der Waals surface area contributed by atoms with Crippen molar-refractivity contribution in [1.29, 1.82) is 5.26 Å². The van der Waals surface area contributed by atoms with Crippen LogP contribution in [0.1, 0.15) is 58.8 Å². The van der Waals surface area contributed by atoms with Gasteiger partial charge < -0.3 is 0 Å². The molecule has 80 valence electrons. The maximum Gasteiger partial charge on any atom is 0.102 e. The number of hydrogen-bond donors (Lipinski definition) is 0. The van der Waals surface area contributed by atoms with E-state index in [0.717, 1.165) is 18.1 Å². The molecule has 1 aliphatic rings. The molecule has 1 rings (SSSR count). The second-order valence-corrected chi connectivity index (χ2v) is 5.87. The van der Waals surface area contributed by atoms with Gasteiger partial charge in [0.25, 0.3) is 0 Å². The van der Waals surface area contributed by atoms with E-state index >= 15 is 0 Å². The van der Waals surface area contributed by atoms with E-state index in [-0.39, 0.29) is 4.75 Å². The second-order valence-electron chi connectivity index (χ2n) is 4.19. The first-order chi connectivity index (χ1) is 6.76. The van der Waals surface area contributed by atoms with Crippen molar-refractivity contribution in [3.63, 3.8) is 0 Å². The largest absolute Gasteiger partial charge is 0.197 e. The van der Waals surface area contributed by atoms with Crippen LogP contribution in [0.3, 0.4) is 0 Å². The van der Waals surface area contributed by atoms with Crippen molar-refractivity contribution in [2.45, 2.75) is 68.8 Å². The lowest BCUT2D eigenvalue weighted by molar-refractivity contribution is 0.510. The molecule has 0 unspecified atom stereocenters. The van der Waals surface area contributed by atoms with Crippen molar-refractivity contribution < 1.29 is 0 Å². The number of nitrogens with zero attached hydrogens (tertiary/aromatic N) is 1. The number of rotatable bonds is 4. The Labute approximate surface area is 92.3 Å². The highest BCUT2D eigenvalue weighted by atomic mass is 32.2. The van der Waals surface area contributed by atoms with Crippen LogP contribution < -0.4 is 0 Å². The second kappa shape index (κ2) is 5.66. The minimum atomic E-state index is -0.0952. The van der Waals surface area contributed by atoms with E-state index in [1.807, 2.05) is 11.8 Å². The summed E-state index contributed by atoms with van der Waals surface area (Å²) < 4.78 is -0.0952. The van der Waals surface area contributed by atoms with Crippen LogP contribution >= 0.6 is 11.8 Å². The van der Waals surface area contributed by atoms with Crippen LogP contribution in [-0.2, 0) is 0 Å². The van der Waals surface area contributed by atoms with Gasteiger partial charge >= 0.3 is 0 Å². The van der Waals surface area contributed by atoms with Gasteiger partial charge in [0, 0.05) is 5.25 Å². The normalized spacial score (nSPS) is 19.2. The molecule has 1 saturated carbocycles. The monoisotopic (exact) mass is 211 g/mol. The molecular formula is C12H21NS. The molecular weight excluding hydrogens is 190 g/mol. The van der Waals surface area contributed by atoms with E-state index in [4.69, 9.17) is 0 Å². The molecule has 0 aromatic carbocycles. The van der Waals surface area contributed by atoms with E-state index in [1.165, 1.54) is 32.1 Å². The quantitative estimate of drug-likeness (QED) is 0.698. The highest BCUT2D eigenvalue weighted by Crippen LogP contribution is 2.40. The van der Waals surface area contributed by atoms with Crippen LogP contribution in [-0.4, -0.2) is 10.00 Å². The lowest BCUT2D eigenvalue weighted by atomic mass is 10.0. The Morgan fingerprint density at radius 2 is 1.79 bits per heavy atom. The van der Waals surface area contributed by atoms with Crippen LogP contribution in [0, 0.1) is 11.3 Å². The molecule has 0 aromatic rings. The Morgan fingerprint density at radius 1 is 1.21 bits per heavy atom. The Kier molecular flexibility index (Phi) is 4.81. The van der Waals surface area contributed by atoms with Gasteiger partial charge in [-0.05, 0) is 25.7 Å². The van der Waals surface area contributed by atoms with Gasteiger partial charge in [0.2, 0.25) is 0 Å². The topological polar surface area (TPSA) is 23.8 Å². The van der Waals surface area contributed by atoms with Gasteiger partial charge in [0.1, 0.15) is 4.75 Å². The van der Waals surface area contributed by atoms with Gasteiger partial charge in [-0.3, -0.25) is 0 Å². The Bertz CT molecular complexity index is 197. The van der Waals surface area contributed by atoms with Crippen molar-refractivity contribution in [1.82, 2.24) is 0 Å². The zero-order chi connectivity index (χ0) is 10.4. The molecule has 14 heavy (non-hydrogen) atoms. The van der Waals surface area contributed by atoms with Crippen LogP contribution in [0.2, 0.25) is 0 Å². The van der Waals surface area contributed by atoms with Crippen molar-refractivity contribution in [2.75, 3.05) is 0 Å². The van der Waals surface area contributed by atoms with Crippen LogP contribution in [0.4, 0.5) is 0 Å². The summed E-state index contributed by atoms with van der Waals surface area (Å²) in [5, 5.41) is 9.99. The van der Waals surface area contributed by atoms with E-state index in [0.29, 0.717) is 0 Å². The first-order valence-corrected chi connectivity index (χ1v) is 6.73. The Balaban J connectivity index is 2.50. The van der Waals surface area contributed by atoms with Gasteiger partial charge in [0.05, 0.1) is 6.07 Å². The first-order valence-electron chi connectivity index (χ1n) is 5.85. The zero-order valence-corrected chi connectivity index (χ0v) is 10.2. The van der Waals surface area contributed by atoms with Crippen molar-refractivity contribution in [2.24, 2.45) is 0 Å². The van der Waals surface area contributed by atoms with E-state index < -0.39 is 0 Å². The first kappa shape index (κ1) is 11.9. The number of hydrogen-bond acceptors (Lipinski definition) is 2. The maximum atomic E-state index is 9.24. The molecule has 2 heteroatoms. The lowest BCUT2D eigenvalue weighted by Crippen LogP contribution is -2.25. The summed E-state index contributed by atoms with van der Waals surface area (Å²) >= 11 is 1.95. The standard InChI is InChI=1S/C12H21NS/c1-3-12(4-2,10-13)14-11-8-6-5-7-9-11/h11H,3-9H2,1-2H3. The molecule has 1 fully saturated rings. The fourth-order valence-corrected chi connectivity index (χ4v) is 3.70. The third-order valence-electron chi connectivity index (χ3n) is 3.29. The molecule has 0 radical (unpaired) electrons. The zero-order valence-electron chi connectivity index (χ0n) is 9.38. The van der Waals surface area contributed by atoms with Gasteiger partial charge in [-0.25, -0.2) is 0 Å². The summed E-state index contributed by atoms with van der Waals surface area (Å²) in [6.45, 7) is 4.28. The molecule has 0 aliphatic heterocycles. The van der Waals surface area contributed by atoms with Crippen LogP contribution in [0.15, 0.2) is 0 Å². The average molecular weight is 211 g/mol. The molecule has 1 aliphatic carbocycles.